The second kappa shape index (κ2) is 30.5. The van der Waals surface area contributed by atoms with Gasteiger partial charge in [-0.05, 0) is 222 Å². The highest BCUT2D eigenvalue weighted by atomic mass is 15.1. The van der Waals surface area contributed by atoms with Crippen molar-refractivity contribution < 1.29 is 0 Å². The predicted octanol–water partition coefficient (Wildman–Crippen LogP) is 30.2. The Kier molecular flexibility index (Phi) is 18.6. The molecule has 18 aromatic rings. The van der Waals surface area contributed by atoms with Crippen molar-refractivity contribution in [1.29, 1.82) is 0 Å². The molecule has 109 heavy (non-hydrogen) atoms. The van der Waals surface area contributed by atoms with Crippen LogP contribution in [0.2, 0.25) is 0 Å². The molecule has 0 heterocycles. The predicted molar refractivity (Wildman–Crippen MR) is 463 cm³/mol. The van der Waals surface area contributed by atoms with Crippen molar-refractivity contribution >= 4 is 17.1 Å². The van der Waals surface area contributed by atoms with Crippen LogP contribution < -0.4 is 4.90 Å². The van der Waals surface area contributed by atoms with E-state index in [2.05, 4.69) is 460 Å². The molecule has 0 saturated heterocycles. The Labute approximate surface area is 639 Å². The molecular formula is C108H75N. The van der Waals surface area contributed by atoms with E-state index in [1.807, 2.05) is 0 Å². The first-order chi connectivity index (χ1) is 54.1. The van der Waals surface area contributed by atoms with Crippen LogP contribution in [0.1, 0.15) is 0 Å². The molecule has 0 N–H and O–H groups in total. The van der Waals surface area contributed by atoms with Crippen LogP contribution in [-0.4, -0.2) is 0 Å². The Morgan fingerprint density at radius 3 is 0.367 bits per heavy atom. The third-order valence-corrected chi connectivity index (χ3v) is 21.1. The van der Waals surface area contributed by atoms with Crippen molar-refractivity contribution in [1.82, 2.24) is 0 Å². The second-order valence-corrected chi connectivity index (χ2v) is 27.7. The SMILES string of the molecule is c1ccc(-c2cc(-c3ccc(N(c4ccc(-c5cc(-c6ccccc6)c(-c6ccccc6)c(-c6ccccc6)c5-c5ccccc5)cc4)c4ccc(-c5cc(-c6ccccc6)c(-c6ccccc6)c(-c6ccccc6)c5-c5ccccc5)cc4)cc3)c(-c3ccccc3)c(-c3ccccc3)c2-c2ccccc2)cc1. The highest BCUT2D eigenvalue weighted by molar-refractivity contribution is 6.11. The van der Waals surface area contributed by atoms with Gasteiger partial charge in [-0.3, -0.25) is 0 Å². The third kappa shape index (κ3) is 13.3. The summed E-state index contributed by atoms with van der Waals surface area (Å²) in [6.07, 6.45) is 0. The number of hydrogen-bond donors (Lipinski definition) is 0. The zero-order valence-corrected chi connectivity index (χ0v) is 60.2. The van der Waals surface area contributed by atoms with Crippen LogP contribution in [0.15, 0.2) is 455 Å². The molecule has 0 atom stereocenters. The van der Waals surface area contributed by atoms with Crippen LogP contribution in [0.5, 0.6) is 0 Å². The Morgan fingerprint density at radius 1 is 0.101 bits per heavy atom. The Morgan fingerprint density at radius 2 is 0.220 bits per heavy atom. The lowest BCUT2D eigenvalue weighted by Gasteiger charge is -2.28. The van der Waals surface area contributed by atoms with Gasteiger partial charge in [0.2, 0.25) is 0 Å². The van der Waals surface area contributed by atoms with Crippen molar-refractivity contribution in [2.45, 2.75) is 0 Å². The molecule has 0 amide bonds. The van der Waals surface area contributed by atoms with Gasteiger partial charge in [0.15, 0.2) is 0 Å². The zero-order valence-electron chi connectivity index (χ0n) is 60.2. The van der Waals surface area contributed by atoms with Crippen molar-refractivity contribution in [2.24, 2.45) is 0 Å². The monoisotopic (exact) mass is 1390 g/mol. The molecule has 0 radical (unpaired) electrons. The minimum absolute atomic E-state index is 1.02. The average Bonchev–Trinajstić information content (AvgIpc) is 0.747. The molecule has 0 bridgehead atoms. The lowest BCUT2D eigenvalue weighted by molar-refractivity contribution is 1.28. The normalized spacial score (nSPS) is 11.1. The lowest BCUT2D eigenvalue weighted by atomic mass is 9.79. The molecule has 0 aromatic heterocycles. The summed E-state index contributed by atoms with van der Waals surface area (Å²) in [7, 11) is 0. The summed E-state index contributed by atoms with van der Waals surface area (Å²) in [6, 6.07) is 167. The van der Waals surface area contributed by atoms with Gasteiger partial charge in [0.05, 0.1) is 0 Å². The Bertz CT molecular complexity index is 5510. The number of hydrogen-bond acceptors (Lipinski definition) is 1. The van der Waals surface area contributed by atoms with E-state index in [9.17, 15) is 0 Å². The Hall–Kier alpha value is -14.2. The number of anilines is 3. The van der Waals surface area contributed by atoms with Crippen LogP contribution in [0.4, 0.5) is 17.1 Å². The molecule has 0 aliphatic rings. The van der Waals surface area contributed by atoms with Gasteiger partial charge in [0, 0.05) is 17.1 Å². The largest absolute Gasteiger partial charge is 0.311 e. The first-order valence-electron chi connectivity index (χ1n) is 37.5. The maximum absolute atomic E-state index is 2.45. The van der Waals surface area contributed by atoms with Gasteiger partial charge in [-0.25, -0.2) is 0 Å². The maximum Gasteiger partial charge on any atom is 0.0462 e. The van der Waals surface area contributed by atoms with Gasteiger partial charge in [-0.2, -0.15) is 0 Å². The van der Waals surface area contributed by atoms with Gasteiger partial charge in [-0.15, -0.1) is 0 Å². The van der Waals surface area contributed by atoms with E-state index in [1.165, 1.54) is 66.8 Å². The van der Waals surface area contributed by atoms with E-state index in [4.69, 9.17) is 0 Å². The van der Waals surface area contributed by atoms with Crippen molar-refractivity contribution in [3.8, 4) is 167 Å². The number of rotatable bonds is 18. The van der Waals surface area contributed by atoms with Crippen molar-refractivity contribution in [3.05, 3.63) is 455 Å². The lowest BCUT2D eigenvalue weighted by Crippen LogP contribution is -2.10. The van der Waals surface area contributed by atoms with Crippen LogP contribution in [0, 0.1) is 0 Å². The zero-order chi connectivity index (χ0) is 72.7. The molecule has 0 fully saturated rings. The molecule has 0 aliphatic carbocycles. The smallest absolute Gasteiger partial charge is 0.0462 e. The van der Waals surface area contributed by atoms with Crippen LogP contribution in [0.3, 0.4) is 0 Å². The summed E-state index contributed by atoms with van der Waals surface area (Å²) in [5, 5.41) is 0. The van der Waals surface area contributed by atoms with Gasteiger partial charge in [-0.1, -0.05) is 400 Å². The highest BCUT2D eigenvalue weighted by Crippen LogP contribution is 2.55. The number of benzene rings is 18. The topological polar surface area (TPSA) is 3.24 Å². The molecule has 0 unspecified atom stereocenters. The Balaban J connectivity index is 0.861. The molecule has 0 aliphatic heterocycles. The second-order valence-electron chi connectivity index (χ2n) is 27.7. The molecular weight excluding hydrogens is 1310 g/mol. The van der Waals surface area contributed by atoms with E-state index < -0.39 is 0 Å². The molecule has 1 heteroatoms. The van der Waals surface area contributed by atoms with Gasteiger partial charge < -0.3 is 4.90 Å². The van der Waals surface area contributed by atoms with E-state index >= 15 is 0 Å². The summed E-state index contributed by atoms with van der Waals surface area (Å²) in [5.74, 6) is 0. The summed E-state index contributed by atoms with van der Waals surface area (Å²) >= 11 is 0. The quantitative estimate of drug-likeness (QED) is 0.0828. The van der Waals surface area contributed by atoms with E-state index in [-0.39, 0.29) is 0 Å². The van der Waals surface area contributed by atoms with E-state index in [0.717, 1.165) is 117 Å². The van der Waals surface area contributed by atoms with Gasteiger partial charge >= 0.3 is 0 Å². The van der Waals surface area contributed by atoms with E-state index in [1.54, 1.807) is 0 Å². The highest BCUT2D eigenvalue weighted by Gasteiger charge is 2.29. The summed E-state index contributed by atoms with van der Waals surface area (Å²) in [6.45, 7) is 0. The van der Waals surface area contributed by atoms with Crippen LogP contribution in [-0.2, 0) is 0 Å². The first kappa shape index (κ1) is 66.7. The summed E-state index contributed by atoms with van der Waals surface area (Å²) in [4.78, 5) is 2.43. The molecule has 0 spiro atoms. The van der Waals surface area contributed by atoms with E-state index in [0.29, 0.717) is 0 Å². The fourth-order valence-electron chi connectivity index (χ4n) is 16.2. The molecule has 0 saturated carbocycles. The van der Waals surface area contributed by atoms with Crippen LogP contribution in [0.25, 0.3) is 167 Å². The van der Waals surface area contributed by atoms with Crippen molar-refractivity contribution in [2.75, 3.05) is 4.90 Å². The fraction of sp³-hybridized carbons (Fsp3) is 0. The fourth-order valence-corrected chi connectivity index (χ4v) is 16.2. The molecule has 18 rings (SSSR count). The molecule has 18 aromatic carbocycles. The molecule has 512 valence electrons. The minimum Gasteiger partial charge on any atom is -0.311 e. The standard InChI is InChI=1S/C108H75N/c1-13-37-76(38-14-1)94-73-97(103(85-49-25-7-26-50-85)106(88-55-31-10-32-56-88)100(94)82-43-19-4-20-44-82)79-61-67-91(68-62-79)109(92-69-63-80(64-70-92)98-74-95(77-39-15-2-16-40-77)101(83-45-21-5-22-46-83)107(89-57-33-11-34-58-89)104(98)86-51-27-8-28-52-86)93-71-65-81(66-72-93)99-75-96(78-41-17-3-18-42-78)102(84-47-23-6-24-48-84)108(90-59-35-12-36-60-90)105(99)87-53-29-9-30-54-87/h1-75H. The van der Waals surface area contributed by atoms with Crippen molar-refractivity contribution in [3.63, 3.8) is 0 Å². The average molecular weight is 1390 g/mol. The summed E-state index contributed by atoms with van der Waals surface area (Å²) in [5.41, 5.74) is 37.8. The first-order valence-corrected chi connectivity index (χ1v) is 37.5. The minimum atomic E-state index is 1.02. The number of nitrogens with zero attached hydrogens (tertiary/aromatic N) is 1. The summed E-state index contributed by atoms with van der Waals surface area (Å²) < 4.78 is 0. The third-order valence-electron chi connectivity index (χ3n) is 21.1. The maximum atomic E-state index is 2.45. The molecule has 1 nitrogen and oxygen atoms in total. The van der Waals surface area contributed by atoms with Crippen LogP contribution >= 0.6 is 0 Å². The van der Waals surface area contributed by atoms with Gasteiger partial charge in [0.1, 0.15) is 0 Å². The van der Waals surface area contributed by atoms with Gasteiger partial charge in [0.25, 0.3) is 0 Å².